The summed E-state index contributed by atoms with van der Waals surface area (Å²) in [6.07, 6.45) is 2.35. The number of nitro benzene ring substituents is 1. The average Bonchev–Trinajstić information content (AvgIpc) is 2.44. The Kier molecular flexibility index (Phi) is 6.47. The Balaban J connectivity index is 2.59. The van der Waals surface area contributed by atoms with Gasteiger partial charge in [0.1, 0.15) is 6.10 Å². The van der Waals surface area contributed by atoms with E-state index in [4.69, 9.17) is 10.5 Å². The summed E-state index contributed by atoms with van der Waals surface area (Å²) in [5.74, 6) is 0.382. The van der Waals surface area contributed by atoms with Crippen molar-refractivity contribution in [3.8, 4) is 0 Å². The van der Waals surface area contributed by atoms with Gasteiger partial charge >= 0.3 is 5.97 Å². The molecule has 0 saturated heterocycles. The maximum absolute atomic E-state index is 11.9. The lowest BCUT2D eigenvalue weighted by molar-refractivity contribution is -0.384. The minimum Gasteiger partial charge on any atom is -0.457 e. The predicted octanol–water partition coefficient (Wildman–Crippen LogP) is 2.22. The molecule has 0 aliphatic rings. The summed E-state index contributed by atoms with van der Waals surface area (Å²) >= 11 is 1.68. The number of nitrogens with zero attached hydrogens (tertiary/aromatic N) is 1. The van der Waals surface area contributed by atoms with Crippen molar-refractivity contribution in [3.05, 3.63) is 39.9 Å². The molecule has 0 radical (unpaired) electrons. The van der Waals surface area contributed by atoms with Gasteiger partial charge in [0.2, 0.25) is 0 Å². The number of carbonyl (C=O) groups is 1. The third-order valence-electron chi connectivity index (χ3n) is 2.87. The summed E-state index contributed by atoms with van der Waals surface area (Å²) in [5.41, 5.74) is 6.13. The predicted molar refractivity (Wildman–Crippen MR) is 78.9 cm³/mol. The molecule has 0 fully saturated rings. The van der Waals surface area contributed by atoms with E-state index in [1.165, 1.54) is 24.3 Å². The Labute approximate surface area is 121 Å². The largest absolute Gasteiger partial charge is 0.457 e. The third kappa shape index (κ3) is 4.82. The molecule has 0 aliphatic carbocycles. The number of esters is 1. The van der Waals surface area contributed by atoms with Crippen LogP contribution in [0.2, 0.25) is 0 Å². The van der Waals surface area contributed by atoms with Crippen LogP contribution in [0.25, 0.3) is 0 Å². The van der Waals surface area contributed by atoms with E-state index in [1.54, 1.807) is 18.7 Å². The minimum absolute atomic E-state index is 0.0636. The Hall–Kier alpha value is -1.60. The van der Waals surface area contributed by atoms with E-state index in [0.717, 1.165) is 12.2 Å². The Bertz CT molecular complexity index is 464. The van der Waals surface area contributed by atoms with Crippen LogP contribution >= 0.6 is 11.8 Å². The van der Waals surface area contributed by atoms with Crippen LogP contribution in [0.4, 0.5) is 5.69 Å². The minimum atomic E-state index is -0.521. The highest BCUT2D eigenvalue weighted by Crippen LogP contribution is 2.14. The van der Waals surface area contributed by atoms with Gasteiger partial charge in [0.05, 0.1) is 10.5 Å². The number of hydrogen-bond donors (Lipinski definition) is 1. The van der Waals surface area contributed by atoms with Gasteiger partial charge in [-0.15, -0.1) is 0 Å². The van der Waals surface area contributed by atoms with Crippen molar-refractivity contribution in [1.82, 2.24) is 0 Å². The highest BCUT2D eigenvalue weighted by Gasteiger charge is 2.18. The van der Waals surface area contributed by atoms with Gasteiger partial charge in [-0.05, 0) is 37.5 Å². The second kappa shape index (κ2) is 7.86. The molecule has 2 N–H and O–H groups in total. The van der Waals surface area contributed by atoms with E-state index < -0.39 is 17.0 Å². The molecule has 0 aromatic heterocycles. The molecule has 0 spiro atoms. The number of benzene rings is 1. The molecule has 6 nitrogen and oxygen atoms in total. The summed E-state index contributed by atoms with van der Waals surface area (Å²) in [6.45, 7) is 1.74. The first kappa shape index (κ1) is 16.5. The van der Waals surface area contributed by atoms with Crippen LogP contribution in [-0.4, -0.2) is 35.0 Å². The molecular formula is C13H18N2O4S. The van der Waals surface area contributed by atoms with E-state index in [2.05, 4.69) is 0 Å². The number of thioether (sulfide) groups is 1. The van der Waals surface area contributed by atoms with Crippen molar-refractivity contribution >= 4 is 23.4 Å². The number of non-ortho nitro benzene ring substituents is 1. The maximum atomic E-state index is 11.9. The van der Waals surface area contributed by atoms with Gasteiger partial charge in [-0.1, -0.05) is 0 Å². The Morgan fingerprint density at radius 3 is 2.55 bits per heavy atom. The van der Waals surface area contributed by atoms with Crippen LogP contribution in [0.1, 0.15) is 23.7 Å². The van der Waals surface area contributed by atoms with E-state index in [1.807, 2.05) is 6.26 Å². The zero-order valence-corrected chi connectivity index (χ0v) is 12.3. The first-order chi connectivity index (χ1) is 9.45. The smallest absolute Gasteiger partial charge is 0.338 e. The summed E-state index contributed by atoms with van der Waals surface area (Å²) < 4.78 is 5.25. The molecule has 0 saturated carbocycles. The lowest BCUT2D eigenvalue weighted by Crippen LogP contribution is -2.36. The lowest BCUT2D eigenvalue weighted by Gasteiger charge is -2.20. The van der Waals surface area contributed by atoms with Crippen LogP contribution in [0.5, 0.6) is 0 Å². The number of ether oxygens (including phenoxy) is 1. The summed E-state index contributed by atoms with van der Waals surface area (Å²) in [6, 6.07) is 5.08. The molecule has 0 aliphatic heterocycles. The first-order valence-corrected chi connectivity index (χ1v) is 7.55. The van der Waals surface area contributed by atoms with Gasteiger partial charge in [0, 0.05) is 18.2 Å². The van der Waals surface area contributed by atoms with Crippen LogP contribution in [-0.2, 0) is 4.74 Å². The molecule has 1 aromatic carbocycles. The van der Waals surface area contributed by atoms with Gasteiger partial charge in [-0.3, -0.25) is 10.1 Å². The topological polar surface area (TPSA) is 95.5 Å². The molecule has 110 valence electrons. The third-order valence-corrected chi connectivity index (χ3v) is 3.51. The Morgan fingerprint density at radius 1 is 1.45 bits per heavy atom. The number of nitrogens with two attached hydrogens (primary N) is 1. The van der Waals surface area contributed by atoms with Crippen molar-refractivity contribution in [1.29, 1.82) is 0 Å². The van der Waals surface area contributed by atoms with Crippen LogP contribution in [0.15, 0.2) is 24.3 Å². The number of rotatable bonds is 7. The van der Waals surface area contributed by atoms with Crippen molar-refractivity contribution in [2.24, 2.45) is 5.73 Å². The monoisotopic (exact) mass is 298 g/mol. The fraction of sp³-hybridized carbons (Fsp3) is 0.462. The van der Waals surface area contributed by atoms with E-state index in [9.17, 15) is 14.9 Å². The van der Waals surface area contributed by atoms with Crippen LogP contribution < -0.4 is 5.73 Å². The van der Waals surface area contributed by atoms with Crippen LogP contribution in [0.3, 0.4) is 0 Å². The number of hydrogen-bond acceptors (Lipinski definition) is 6. The molecule has 20 heavy (non-hydrogen) atoms. The molecule has 0 amide bonds. The lowest BCUT2D eigenvalue weighted by atomic mass is 10.1. The fourth-order valence-corrected chi connectivity index (χ4v) is 2.04. The molecule has 7 heteroatoms. The zero-order chi connectivity index (χ0) is 15.1. The van der Waals surface area contributed by atoms with Gasteiger partial charge in [0.15, 0.2) is 0 Å². The molecule has 1 aromatic rings. The fourth-order valence-electron chi connectivity index (χ4n) is 1.53. The van der Waals surface area contributed by atoms with Crippen molar-refractivity contribution < 1.29 is 14.5 Å². The van der Waals surface area contributed by atoms with Gasteiger partial charge in [-0.25, -0.2) is 4.79 Å². The average molecular weight is 298 g/mol. The normalized spacial score (nSPS) is 13.6. The molecular weight excluding hydrogens is 280 g/mol. The SMILES string of the molecule is CSCC[C@@H](N)C(C)OC(=O)c1ccc([N+](=O)[O-])cc1. The van der Waals surface area contributed by atoms with Gasteiger partial charge < -0.3 is 10.5 Å². The first-order valence-electron chi connectivity index (χ1n) is 6.15. The van der Waals surface area contributed by atoms with Crippen molar-refractivity contribution in [2.45, 2.75) is 25.5 Å². The summed E-state index contributed by atoms with van der Waals surface area (Å²) in [7, 11) is 0. The molecule has 0 bridgehead atoms. The van der Waals surface area contributed by atoms with Gasteiger partial charge in [0.25, 0.3) is 5.69 Å². The quantitative estimate of drug-likeness (QED) is 0.471. The van der Waals surface area contributed by atoms with Crippen molar-refractivity contribution in [3.63, 3.8) is 0 Å². The summed E-state index contributed by atoms with van der Waals surface area (Å²) in [5, 5.41) is 10.5. The van der Waals surface area contributed by atoms with E-state index in [-0.39, 0.29) is 17.3 Å². The molecule has 1 rings (SSSR count). The number of carbonyl (C=O) groups excluding carboxylic acids is 1. The molecule has 1 unspecified atom stereocenters. The zero-order valence-electron chi connectivity index (χ0n) is 11.4. The van der Waals surface area contributed by atoms with Gasteiger partial charge in [-0.2, -0.15) is 11.8 Å². The Morgan fingerprint density at radius 2 is 2.05 bits per heavy atom. The standard InChI is InChI=1S/C13H18N2O4S/c1-9(12(14)7-8-20-2)19-13(16)10-3-5-11(6-4-10)15(17)18/h3-6,9,12H,7-8,14H2,1-2H3/t9?,12-/m1/s1. The van der Waals surface area contributed by atoms with E-state index >= 15 is 0 Å². The number of nitro groups is 1. The maximum Gasteiger partial charge on any atom is 0.338 e. The second-order valence-electron chi connectivity index (χ2n) is 4.36. The highest BCUT2D eigenvalue weighted by atomic mass is 32.2. The second-order valence-corrected chi connectivity index (χ2v) is 5.35. The summed E-state index contributed by atoms with van der Waals surface area (Å²) in [4.78, 5) is 21.9. The van der Waals surface area contributed by atoms with E-state index in [0.29, 0.717) is 0 Å². The van der Waals surface area contributed by atoms with Crippen molar-refractivity contribution in [2.75, 3.05) is 12.0 Å². The molecule has 2 atom stereocenters. The highest BCUT2D eigenvalue weighted by molar-refractivity contribution is 7.98. The molecule has 0 heterocycles. The van der Waals surface area contributed by atoms with Crippen LogP contribution in [0, 0.1) is 10.1 Å².